The second kappa shape index (κ2) is 5.81. The zero-order valence-corrected chi connectivity index (χ0v) is 13.3. The summed E-state index contributed by atoms with van der Waals surface area (Å²) in [7, 11) is -4.76. The van der Waals surface area contributed by atoms with E-state index in [-0.39, 0.29) is 62.7 Å². The van der Waals surface area contributed by atoms with Crippen LogP contribution in [0.4, 0.5) is 0 Å². The predicted molar refractivity (Wildman–Crippen MR) is 51.8 cm³/mol. The van der Waals surface area contributed by atoms with Gasteiger partial charge in [0.25, 0.3) is 0 Å². The Balaban J connectivity index is 0.00000225. The number of hydrogen-bond donors (Lipinski definition) is 2. The summed E-state index contributed by atoms with van der Waals surface area (Å²) in [5.74, 6) is -0.873. The van der Waals surface area contributed by atoms with Crippen molar-refractivity contribution in [3.8, 4) is 11.5 Å². The zero-order valence-electron chi connectivity index (χ0n) is 9.31. The van der Waals surface area contributed by atoms with Gasteiger partial charge in [0.15, 0.2) is 0 Å². The molecule has 0 aliphatic heterocycles. The van der Waals surface area contributed by atoms with Crippen LogP contribution in [0.2, 0.25) is 0 Å². The van der Waals surface area contributed by atoms with E-state index < -0.39 is 20.8 Å². The largest absolute Gasteiger partial charge is 1.00 e. The van der Waals surface area contributed by atoms with Gasteiger partial charge in [-0.1, -0.05) is 6.92 Å². The molecular weight excluding hydrogens is 259 g/mol. The number of phenols is 2. The van der Waals surface area contributed by atoms with E-state index in [0.717, 1.165) is 6.07 Å². The number of benzene rings is 1. The molecule has 0 aliphatic carbocycles. The Kier molecular flexibility index (Phi) is 5.94. The van der Waals surface area contributed by atoms with Gasteiger partial charge in [-0.15, -0.1) is 0 Å². The summed E-state index contributed by atoms with van der Waals surface area (Å²) in [6.07, 6.45) is 0.435. The fourth-order valence-electron chi connectivity index (χ4n) is 1.44. The van der Waals surface area contributed by atoms with Crippen LogP contribution in [0.5, 0.6) is 11.5 Å². The molecule has 0 heterocycles. The molecule has 0 fully saturated rings. The second-order valence-corrected chi connectivity index (χ2v) is 4.50. The van der Waals surface area contributed by atoms with Crippen LogP contribution in [0.15, 0.2) is 11.0 Å². The minimum Gasteiger partial charge on any atom is -0.744 e. The van der Waals surface area contributed by atoms with Crippen LogP contribution in [0.1, 0.15) is 18.1 Å². The van der Waals surface area contributed by atoms with Crippen molar-refractivity contribution in [2.24, 2.45) is 0 Å². The first-order valence-electron chi connectivity index (χ1n) is 4.29. The third kappa shape index (κ3) is 3.19. The Morgan fingerprint density at radius 2 is 1.88 bits per heavy atom. The van der Waals surface area contributed by atoms with Crippen molar-refractivity contribution >= 4 is 10.1 Å². The molecule has 0 bridgehead atoms. The summed E-state index contributed by atoms with van der Waals surface area (Å²) in [4.78, 5) is -0.783. The molecule has 2 N–H and O–H groups in total. The monoisotopic (exact) mass is 270 g/mol. The third-order valence-corrected chi connectivity index (χ3v) is 3.09. The van der Waals surface area contributed by atoms with Crippen LogP contribution >= 0.6 is 0 Å². The summed E-state index contributed by atoms with van der Waals surface area (Å²) in [5, 5.41) is 18.9. The van der Waals surface area contributed by atoms with E-state index >= 15 is 0 Å². The van der Waals surface area contributed by atoms with E-state index in [0.29, 0.717) is 12.0 Å². The van der Waals surface area contributed by atoms with Gasteiger partial charge in [-0.05, 0) is 18.9 Å². The Hall–Kier alpha value is 0.366. The van der Waals surface area contributed by atoms with Crippen LogP contribution < -0.4 is 51.4 Å². The fourth-order valence-corrected chi connectivity index (χ4v) is 2.08. The minimum atomic E-state index is -4.76. The molecule has 0 saturated heterocycles. The maximum atomic E-state index is 10.7. The standard InChI is InChI=1S/C9H12O5S.K/c1-3-6-5(2)9(11)8(4-7(6)10)15(12,13)14;/h4,10-11H,3H2,1-2H3,(H,12,13,14);/q;+1/p-1. The summed E-state index contributed by atoms with van der Waals surface area (Å²) >= 11 is 0. The van der Waals surface area contributed by atoms with E-state index in [1.807, 2.05) is 0 Å². The SMILES string of the molecule is CCc1c(O)cc(S(=O)(=O)[O-])c(O)c1C.[K+]. The molecule has 0 aromatic heterocycles. The van der Waals surface area contributed by atoms with Gasteiger partial charge in [-0.25, -0.2) is 8.42 Å². The van der Waals surface area contributed by atoms with Crippen molar-refractivity contribution in [3.05, 3.63) is 17.2 Å². The predicted octanol–water partition coefficient (Wildman–Crippen LogP) is -2.12. The van der Waals surface area contributed by atoms with Gasteiger partial charge in [-0.3, -0.25) is 0 Å². The average Bonchev–Trinajstić information content (AvgIpc) is 2.10. The van der Waals surface area contributed by atoms with E-state index in [1.54, 1.807) is 6.92 Å². The van der Waals surface area contributed by atoms with E-state index in [2.05, 4.69) is 0 Å². The van der Waals surface area contributed by atoms with Crippen LogP contribution in [0.3, 0.4) is 0 Å². The Morgan fingerprint density at radius 3 is 2.25 bits per heavy atom. The number of phenolic OH excluding ortho intramolecular Hbond substituents is 2. The number of rotatable bonds is 2. The Bertz CT molecular complexity index is 495. The quantitative estimate of drug-likeness (QED) is 0.364. The van der Waals surface area contributed by atoms with Crippen molar-refractivity contribution in [2.75, 3.05) is 0 Å². The molecular formula is C9H11KO5S. The van der Waals surface area contributed by atoms with Gasteiger partial charge in [0, 0.05) is 11.6 Å². The normalized spacial score (nSPS) is 10.9. The molecule has 7 heteroatoms. The van der Waals surface area contributed by atoms with E-state index in [9.17, 15) is 23.2 Å². The van der Waals surface area contributed by atoms with Gasteiger partial charge in [-0.2, -0.15) is 0 Å². The molecule has 1 aromatic rings. The number of aromatic hydroxyl groups is 2. The zero-order chi connectivity index (χ0) is 11.8. The summed E-state index contributed by atoms with van der Waals surface area (Å²) in [6.45, 7) is 3.19. The topological polar surface area (TPSA) is 97.7 Å². The maximum absolute atomic E-state index is 10.7. The van der Waals surface area contributed by atoms with Crippen molar-refractivity contribution in [2.45, 2.75) is 25.2 Å². The molecule has 0 unspecified atom stereocenters. The second-order valence-electron chi connectivity index (χ2n) is 3.15. The first kappa shape index (κ1) is 16.4. The van der Waals surface area contributed by atoms with Gasteiger partial charge in [0.2, 0.25) is 0 Å². The molecule has 0 spiro atoms. The first-order valence-corrected chi connectivity index (χ1v) is 5.70. The molecule has 0 atom stereocenters. The van der Waals surface area contributed by atoms with Crippen LogP contribution in [0.25, 0.3) is 0 Å². The summed E-state index contributed by atoms with van der Waals surface area (Å²) in [6, 6.07) is 0.781. The molecule has 1 rings (SSSR count). The first-order chi connectivity index (χ1) is 6.79. The molecule has 5 nitrogen and oxygen atoms in total. The van der Waals surface area contributed by atoms with Crippen LogP contribution in [0, 0.1) is 6.92 Å². The molecule has 84 valence electrons. The molecule has 0 amide bonds. The van der Waals surface area contributed by atoms with Crippen LogP contribution in [-0.4, -0.2) is 23.2 Å². The maximum Gasteiger partial charge on any atom is 1.00 e. The Labute approximate surface area is 137 Å². The smallest absolute Gasteiger partial charge is 0.744 e. The van der Waals surface area contributed by atoms with Crippen LogP contribution in [-0.2, 0) is 16.5 Å². The molecule has 0 saturated carbocycles. The van der Waals surface area contributed by atoms with Crippen molar-refractivity contribution < 1.29 is 74.6 Å². The summed E-state index contributed by atoms with van der Waals surface area (Å²) < 4.78 is 32.2. The van der Waals surface area contributed by atoms with Gasteiger partial charge in [0.1, 0.15) is 21.6 Å². The molecule has 0 aliphatic rings. The van der Waals surface area contributed by atoms with Crippen molar-refractivity contribution in [1.29, 1.82) is 0 Å². The Morgan fingerprint density at radius 1 is 1.38 bits per heavy atom. The van der Waals surface area contributed by atoms with E-state index in [4.69, 9.17) is 0 Å². The number of hydrogen-bond acceptors (Lipinski definition) is 5. The van der Waals surface area contributed by atoms with Gasteiger partial charge in [0.05, 0.1) is 4.90 Å². The molecule has 0 radical (unpaired) electrons. The van der Waals surface area contributed by atoms with Crippen molar-refractivity contribution in [3.63, 3.8) is 0 Å². The van der Waals surface area contributed by atoms with E-state index in [1.165, 1.54) is 6.92 Å². The average molecular weight is 270 g/mol. The molecule has 1 aromatic carbocycles. The minimum absolute atomic E-state index is 0. The summed E-state index contributed by atoms with van der Waals surface area (Å²) in [5.41, 5.74) is 0.645. The molecule has 16 heavy (non-hydrogen) atoms. The fraction of sp³-hybridized carbons (Fsp3) is 0.333. The van der Waals surface area contributed by atoms with Crippen molar-refractivity contribution in [1.82, 2.24) is 0 Å². The third-order valence-electron chi connectivity index (χ3n) is 2.24. The van der Waals surface area contributed by atoms with Gasteiger partial charge < -0.3 is 14.8 Å². The van der Waals surface area contributed by atoms with Gasteiger partial charge >= 0.3 is 51.4 Å².